The van der Waals surface area contributed by atoms with E-state index < -0.39 is 55.9 Å². The van der Waals surface area contributed by atoms with Gasteiger partial charge >= 0.3 is 19.7 Å². The lowest BCUT2D eigenvalue weighted by Crippen LogP contribution is -2.37. The molecule has 1 aliphatic rings. The third kappa shape index (κ3) is 4.30. The van der Waals surface area contributed by atoms with E-state index in [4.69, 9.17) is 14.5 Å². The first kappa shape index (κ1) is 18.8. The van der Waals surface area contributed by atoms with Crippen LogP contribution in [0, 0.1) is 0 Å². The molecule has 1 saturated heterocycles. The predicted molar refractivity (Wildman–Crippen MR) is 67.5 cm³/mol. The number of ether oxygens (including phenoxy) is 1. The number of alkyl halides is 4. The maximum atomic E-state index is 14.2. The SMILES string of the molecule is O=c1[nH]c(=O)n([C@H]2CC[C@@](F)(COP(=O)(O)O)O2)cc1C(F)(F)F. The second kappa shape index (κ2) is 6.08. The molecule has 1 aliphatic heterocycles. The van der Waals surface area contributed by atoms with Crippen LogP contribution in [0.2, 0.25) is 0 Å². The van der Waals surface area contributed by atoms with Crippen LogP contribution in [0.25, 0.3) is 0 Å². The zero-order chi connectivity index (χ0) is 18.3. The van der Waals surface area contributed by atoms with Gasteiger partial charge in [-0.1, -0.05) is 0 Å². The lowest BCUT2D eigenvalue weighted by atomic mass is 10.2. The largest absolute Gasteiger partial charge is 0.469 e. The van der Waals surface area contributed by atoms with Gasteiger partial charge in [-0.05, 0) is 6.42 Å². The molecule has 1 aromatic rings. The van der Waals surface area contributed by atoms with Crippen LogP contribution in [-0.2, 0) is 20.0 Å². The summed E-state index contributed by atoms with van der Waals surface area (Å²) in [6.07, 6.45) is -7.14. The highest BCUT2D eigenvalue weighted by Crippen LogP contribution is 2.43. The highest BCUT2D eigenvalue weighted by atomic mass is 31.2. The van der Waals surface area contributed by atoms with Gasteiger partial charge in [-0.3, -0.25) is 18.9 Å². The molecule has 3 N–H and O–H groups in total. The van der Waals surface area contributed by atoms with Gasteiger partial charge in [-0.2, -0.15) is 13.2 Å². The zero-order valence-electron chi connectivity index (χ0n) is 11.6. The number of hydrogen-bond acceptors (Lipinski definition) is 5. The molecule has 136 valence electrons. The Balaban J connectivity index is 2.27. The van der Waals surface area contributed by atoms with Crippen LogP contribution in [-0.4, -0.2) is 31.8 Å². The van der Waals surface area contributed by atoms with Crippen LogP contribution >= 0.6 is 7.82 Å². The van der Waals surface area contributed by atoms with Gasteiger partial charge in [0, 0.05) is 12.6 Å². The molecule has 14 heteroatoms. The summed E-state index contributed by atoms with van der Waals surface area (Å²) in [7, 11) is -4.98. The Kier molecular flexibility index (Phi) is 4.76. The summed E-state index contributed by atoms with van der Waals surface area (Å²) in [5.41, 5.74) is -4.58. The van der Waals surface area contributed by atoms with E-state index in [0.29, 0.717) is 4.57 Å². The molecule has 0 amide bonds. The average Bonchev–Trinajstić information content (AvgIpc) is 2.77. The topological polar surface area (TPSA) is 131 Å². The van der Waals surface area contributed by atoms with Crippen LogP contribution in [0.4, 0.5) is 17.6 Å². The van der Waals surface area contributed by atoms with Gasteiger partial charge < -0.3 is 14.5 Å². The number of H-pyrrole nitrogens is 1. The Morgan fingerprint density at radius 1 is 1.46 bits per heavy atom. The number of aromatic nitrogens is 2. The molecule has 2 heterocycles. The molecule has 0 spiro atoms. The van der Waals surface area contributed by atoms with Crippen molar-refractivity contribution in [2.24, 2.45) is 0 Å². The maximum Gasteiger partial charge on any atom is 0.469 e. The summed E-state index contributed by atoms with van der Waals surface area (Å²) in [4.78, 5) is 41.3. The average molecular weight is 378 g/mol. The third-order valence-corrected chi connectivity index (χ3v) is 3.61. The fourth-order valence-electron chi connectivity index (χ4n) is 2.08. The molecule has 9 nitrogen and oxygen atoms in total. The second-order valence-electron chi connectivity index (χ2n) is 4.97. The normalized spacial score (nSPS) is 25.2. The number of nitrogens with zero attached hydrogens (tertiary/aromatic N) is 1. The lowest BCUT2D eigenvalue weighted by molar-refractivity contribution is -0.175. The van der Waals surface area contributed by atoms with E-state index in [1.54, 1.807) is 0 Å². The van der Waals surface area contributed by atoms with E-state index >= 15 is 0 Å². The molecule has 24 heavy (non-hydrogen) atoms. The number of phosphoric ester groups is 1. The van der Waals surface area contributed by atoms with Gasteiger partial charge in [0.25, 0.3) is 5.56 Å². The summed E-state index contributed by atoms with van der Waals surface area (Å²) >= 11 is 0. The van der Waals surface area contributed by atoms with Crippen LogP contribution in [0.5, 0.6) is 0 Å². The fraction of sp³-hybridized carbons (Fsp3) is 0.600. The van der Waals surface area contributed by atoms with Crippen molar-refractivity contribution in [3.05, 3.63) is 32.6 Å². The highest BCUT2D eigenvalue weighted by Gasteiger charge is 2.44. The Morgan fingerprint density at radius 3 is 2.62 bits per heavy atom. The van der Waals surface area contributed by atoms with Crippen molar-refractivity contribution < 1.29 is 41.2 Å². The highest BCUT2D eigenvalue weighted by molar-refractivity contribution is 7.46. The van der Waals surface area contributed by atoms with E-state index in [1.165, 1.54) is 4.98 Å². The van der Waals surface area contributed by atoms with E-state index in [-0.39, 0.29) is 12.6 Å². The third-order valence-electron chi connectivity index (χ3n) is 3.14. The van der Waals surface area contributed by atoms with Crippen molar-refractivity contribution in [2.75, 3.05) is 6.61 Å². The maximum absolute atomic E-state index is 14.2. The van der Waals surface area contributed by atoms with E-state index in [0.717, 1.165) is 0 Å². The molecule has 2 atom stereocenters. The predicted octanol–water partition coefficient (Wildman–Crippen LogP) is 0.639. The Hall–Kier alpha value is -1.53. The van der Waals surface area contributed by atoms with Crippen molar-refractivity contribution in [3.8, 4) is 0 Å². The molecule has 0 bridgehead atoms. The molecule has 1 aromatic heterocycles. The zero-order valence-corrected chi connectivity index (χ0v) is 12.5. The van der Waals surface area contributed by atoms with Gasteiger partial charge in [-0.25, -0.2) is 13.8 Å². The first-order valence-corrected chi connectivity index (χ1v) is 7.83. The lowest BCUT2D eigenvalue weighted by Gasteiger charge is -2.21. The van der Waals surface area contributed by atoms with Crippen LogP contribution in [0.1, 0.15) is 24.6 Å². The molecule has 0 aromatic carbocycles. The van der Waals surface area contributed by atoms with E-state index in [9.17, 15) is 31.7 Å². The van der Waals surface area contributed by atoms with Crippen molar-refractivity contribution in [2.45, 2.75) is 31.1 Å². The van der Waals surface area contributed by atoms with Crippen LogP contribution < -0.4 is 11.2 Å². The standard InChI is InChI=1S/C10H11F4N2O7P/c11-9(4-22-24(19,20)21)2-1-6(23-9)16-3-5(10(12,13)14)7(17)15-8(16)18/h3,6H,1-2,4H2,(H,15,17,18)(H2,19,20,21)/t6-,9+/m1/s1. The number of halogens is 4. The van der Waals surface area contributed by atoms with Crippen LogP contribution in [0.3, 0.4) is 0 Å². The number of rotatable bonds is 4. The van der Waals surface area contributed by atoms with Crippen molar-refractivity contribution in [1.29, 1.82) is 0 Å². The molecule has 0 aliphatic carbocycles. The Morgan fingerprint density at radius 2 is 2.08 bits per heavy atom. The van der Waals surface area contributed by atoms with Crippen molar-refractivity contribution in [1.82, 2.24) is 9.55 Å². The number of hydrogen-bond donors (Lipinski definition) is 3. The minimum absolute atomic E-state index is 0.196. The first-order chi connectivity index (χ1) is 10.8. The van der Waals surface area contributed by atoms with E-state index in [2.05, 4.69) is 4.52 Å². The molecular weight excluding hydrogens is 367 g/mol. The number of aromatic amines is 1. The Labute approximate surface area is 130 Å². The van der Waals surface area contributed by atoms with Crippen molar-refractivity contribution in [3.63, 3.8) is 0 Å². The monoisotopic (exact) mass is 378 g/mol. The molecule has 0 saturated carbocycles. The molecule has 0 radical (unpaired) electrons. The number of phosphoric acid groups is 1. The minimum atomic E-state index is -5.04. The summed E-state index contributed by atoms with van der Waals surface area (Å²) in [6.45, 7) is -1.18. The van der Waals surface area contributed by atoms with Gasteiger partial charge in [0.15, 0.2) is 0 Å². The molecule has 0 unspecified atom stereocenters. The second-order valence-corrected chi connectivity index (χ2v) is 6.20. The van der Waals surface area contributed by atoms with Gasteiger partial charge in [0.2, 0.25) is 5.85 Å². The Bertz CT molecular complexity index is 785. The molecule has 1 fully saturated rings. The smallest absolute Gasteiger partial charge is 0.320 e. The van der Waals surface area contributed by atoms with Gasteiger partial charge in [0.1, 0.15) is 18.4 Å². The van der Waals surface area contributed by atoms with E-state index in [1.807, 2.05) is 0 Å². The van der Waals surface area contributed by atoms with Crippen LogP contribution in [0.15, 0.2) is 15.8 Å². The van der Waals surface area contributed by atoms with Crippen molar-refractivity contribution >= 4 is 7.82 Å². The van der Waals surface area contributed by atoms with Gasteiger partial charge in [0.05, 0.1) is 0 Å². The summed E-state index contributed by atoms with van der Waals surface area (Å²) in [5, 5.41) is 0. The quantitative estimate of drug-likeness (QED) is 0.518. The first-order valence-electron chi connectivity index (χ1n) is 6.30. The summed E-state index contributed by atoms with van der Waals surface area (Å²) < 4.78 is 71.9. The summed E-state index contributed by atoms with van der Waals surface area (Å²) in [5.74, 6) is -2.71. The fourth-order valence-corrected chi connectivity index (χ4v) is 2.45. The van der Waals surface area contributed by atoms with Gasteiger partial charge in [-0.15, -0.1) is 0 Å². The minimum Gasteiger partial charge on any atom is -0.320 e. The summed E-state index contributed by atoms with van der Waals surface area (Å²) in [6, 6.07) is 0. The molecular formula is C10H11F4N2O7P. The number of nitrogens with one attached hydrogen (secondary N) is 1. The molecule has 2 rings (SSSR count).